The van der Waals surface area contributed by atoms with Crippen molar-refractivity contribution in [2.75, 3.05) is 7.05 Å². The largest absolute Gasteiger partial charge is 0.490 e. The second-order valence-electron chi connectivity index (χ2n) is 5.59. The molecule has 0 aliphatic heterocycles. The van der Waals surface area contributed by atoms with Crippen molar-refractivity contribution in [3.8, 4) is 11.8 Å². The predicted octanol–water partition coefficient (Wildman–Crippen LogP) is 2.69. The number of amides is 1. The highest BCUT2D eigenvalue weighted by atomic mass is 79.9. The highest BCUT2D eigenvalue weighted by Crippen LogP contribution is 2.27. The lowest BCUT2D eigenvalue weighted by Crippen LogP contribution is -2.42. The smallest absolute Gasteiger partial charge is 0.292 e. The number of carbonyl (C=O) groups is 1. The monoisotopic (exact) mass is 406 g/mol. The number of amidine groups is 1. The quantitative estimate of drug-likeness (QED) is 0.307. The molecule has 2 rings (SSSR count). The van der Waals surface area contributed by atoms with E-state index in [9.17, 15) is 4.79 Å². The summed E-state index contributed by atoms with van der Waals surface area (Å²) in [5, 5.41) is 18.5. The Morgan fingerprint density at radius 1 is 1.40 bits per heavy atom. The number of hydrogen-bond donors (Lipinski definition) is 3. The molecule has 1 amide bonds. The maximum absolute atomic E-state index is 11.9. The van der Waals surface area contributed by atoms with Crippen molar-refractivity contribution < 1.29 is 9.53 Å². The van der Waals surface area contributed by atoms with Gasteiger partial charge < -0.3 is 15.5 Å². The van der Waals surface area contributed by atoms with E-state index in [1.54, 1.807) is 25.2 Å². The van der Waals surface area contributed by atoms with Crippen molar-refractivity contribution in [3.63, 3.8) is 0 Å². The number of nitriles is 1. The summed E-state index contributed by atoms with van der Waals surface area (Å²) in [4.78, 5) is 11.9. The van der Waals surface area contributed by atoms with Crippen LogP contribution in [0.4, 0.5) is 0 Å². The van der Waals surface area contributed by atoms with Crippen LogP contribution in [0, 0.1) is 16.9 Å². The van der Waals surface area contributed by atoms with E-state index in [2.05, 4.69) is 43.0 Å². The fourth-order valence-corrected chi connectivity index (χ4v) is 3.11. The van der Waals surface area contributed by atoms with Crippen molar-refractivity contribution >= 4 is 27.7 Å². The van der Waals surface area contributed by atoms with Crippen molar-refractivity contribution in [3.05, 3.63) is 28.2 Å². The summed E-state index contributed by atoms with van der Waals surface area (Å²) in [7, 11) is 1.54. The van der Waals surface area contributed by atoms with Gasteiger partial charge in [-0.15, -0.1) is 5.11 Å². The minimum Gasteiger partial charge on any atom is -0.490 e. The maximum Gasteiger partial charge on any atom is 0.292 e. The first-order chi connectivity index (χ1) is 12.1. The normalized spacial score (nSPS) is 20.3. The Bertz CT molecular complexity index is 707. The van der Waals surface area contributed by atoms with Crippen LogP contribution in [0.1, 0.15) is 31.2 Å². The number of carbonyl (C=O) groups excluding carboxylic acids is 1. The van der Waals surface area contributed by atoms with Crippen molar-refractivity contribution in [1.82, 2.24) is 10.7 Å². The average Bonchev–Trinajstić information content (AvgIpc) is 2.61. The Morgan fingerprint density at radius 3 is 2.68 bits per heavy atom. The van der Waals surface area contributed by atoms with E-state index in [1.165, 1.54) is 0 Å². The summed E-state index contributed by atoms with van der Waals surface area (Å²) in [5.41, 5.74) is 9.98. The Morgan fingerprint density at radius 2 is 2.12 bits per heavy atom. The van der Waals surface area contributed by atoms with Crippen LogP contribution in [-0.2, 0) is 4.79 Å². The predicted molar refractivity (Wildman–Crippen MR) is 95.3 cm³/mol. The molecule has 1 aliphatic rings. The molecule has 1 aromatic carbocycles. The van der Waals surface area contributed by atoms with Gasteiger partial charge >= 0.3 is 0 Å². The summed E-state index contributed by atoms with van der Waals surface area (Å²) < 4.78 is 6.67. The summed E-state index contributed by atoms with van der Waals surface area (Å²) >= 11 is 3.35. The van der Waals surface area contributed by atoms with E-state index in [1.807, 2.05) is 0 Å². The summed E-state index contributed by atoms with van der Waals surface area (Å²) in [5.74, 6) is 0.0721. The van der Waals surface area contributed by atoms with Crippen LogP contribution >= 0.6 is 15.9 Å². The molecule has 1 aromatic rings. The van der Waals surface area contributed by atoms with Crippen LogP contribution in [-0.4, -0.2) is 30.9 Å². The van der Waals surface area contributed by atoms with Crippen LogP contribution in [0.2, 0.25) is 0 Å². The summed E-state index contributed by atoms with van der Waals surface area (Å²) in [6, 6.07) is 7.41. The molecule has 1 aliphatic carbocycles. The molecule has 1 fully saturated rings. The molecule has 8 nitrogen and oxygen atoms in total. The molecule has 9 heteroatoms. The standard InChI is InChI=1S/C16H19BrN6O2/c1-20-23-15(22-19)16(24)21-11-3-6-12(7-4-11)25-13-5-2-10(9-18)14(17)8-13/h2,5,8,11-12,19-20H,3-4,6-7H2,1H3,(H,21,24)/b22-19?,23-15-/t11-,12-. The molecule has 0 heterocycles. The van der Waals surface area contributed by atoms with Crippen LogP contribution in [0.25, 0.3) is 0 Å². The average molecular weight is 407 g/mol. The van der Waals surface area contributed by atoms with Gasteiger partial charge in [-0.1, -0.05) is 0 Å². The van der Waals surface area contributed by atoms with E-state index >= 15 is 0 Å². The summed E-state index contributed by atoms with van der Waals surface area (Å²) in [6.07, 6.45) is 3.23. The lowest BCUT2D eigenvalue weighted by atomic mass is 9.93. The van der Waals surface area contributed by atoms with Gasteiger partial charge in [0.1, 0.15) is 11.8 Å². The van der Waals surface area contributed by atoms with Crippen LogP contribution in [0.3, 0.4) is 0 Å². The van der Waals surface area contributed by atoms with E-state index in [0.29, 0.717) is 10.0 Å². The van der Waals surface area contributed by atoms with Gasteiger partial charge in [0.25, 0.3) is 11.7 Å². The highest BCUT2D eigenvalue weighted by molar-refractivity contribution is 9.10. The van der Waals surface area contributed by atoms with Gasteiger partial charge in [0.2, 0.25) is 0 Å². The zero-order valence-corrected chi connectivity index (χ0v) is 15.3. The van der Waals surface area contributed by atoms with Crippen molar-refractivity contribution in [2.45, 2.75) is 37.8 Å². The molecule has 0 unspecified atom stereocenters. The number of hydrazone groups is 1. The number of nitrogens with zero attached hydrogens (tertiary/aromatic N) is 3. The molecule has 0 bridgehead atoms. The molecule has 25 heavy (non-hydrogen) atoms. The Balaban J connectivity index is 1.84. The lowest BCUT2D eigenvalue weighted by molar-refractivity contribution is -0.115. The number of nitrogens with one attached hydrogen (secondary N) is 3. The van der Waals surface area contributed by atoms with Crippen LogP contribution in [0.15, 0.2) is 32.9 Å². The Kier molecular flexibility index (Phi) is 6.89. The molecule has 0 spiro atoms. The van der Waals surface area contributed by atoms with Gasteiger partial charge in [-0.2, -0.15) is 10.4 Å². The van der Waals surface area contributed by atoms with Crippen molar-refractivity contribution in [1.29, 1.82) is 10.8 Å². The van der Waals surface area contributed by atoms with Gasteiger partial charge in [0.05, 0.1) is 11.7 Å². The van der Waals surface area contributed by atoms with Gasteiger partial charge in [0.15, 0.2) is 0 Å². The van der Waals surface area contributed by atoms with E-state index < -0.39 is 5.91 Å². The number of halogens is 1. The summed E-state index contributed by atoms with van der Waals surface area (Å²) in [6.45, 7) is 0. The molecular weight excluding hydrogens is 388 g/mol. The number of benzene rings is 1. The third kappa shape index (κ3) is 5.26. The van der Waals surface area contributed by atoms with Gasteiger partial charge in [-0.3, -0.25) is 4.79 Å². The Hall–Kier alpha value is -2.47. The number of ether oxygens (including phenoxy) is 1. The third-order valence-corrected chi connectivity index (χ3v) is 4.56. The third-order valence-electron chi connectivity index (χ3n) is 3.90. The molecule has 0 atom stereocenters. The first-order valence-corrected chi connectivity index (χ1v) is 8.65. The number of rotatable bonds is 4. The molecule has 0 radical (unpaired) electrons. The molecule has 1 saturated carbocycles. The van der Waals surface area contributed by atoms with E-state index in [0.717, 1.165) is 31.4 Å². The molecule has 0 aromatic heterocycles. The highest BCUT2D eigenvalue weighted by Gasteiger charge is 2.25. The lowest BCUT2D eigenvalue weighted by Gasteiger charge is -2.29. The first-order valence-electron chi connectivity index (χ1n) is 7.86. The van der Waals surface area contributed by atoms with Crippen LogP contribution < -0.4 is 15.5 Å². The van der Waals surface area contributed by atoms with Gasteiger partial charge in [-0.05, 0) is 59.8 Å². The molecule has 132 valence electrons. The van der Waals surface area contributed by atoms with Gasteiger partial charge in [0, 0.05) is 17.6 Å². The van der Waals surface area contributed by atoms with E-state index in [-0.39, 0.29) is 18.0 Å². The second-order valence-corrected chi connectivity index (χ2v) is 6.44. The minimum atomic E-state index is -0.454. The van der Waals surface area contributed by atoms with Gasteiger partial charge in [-0.25, -0.2) is 5.53 Å². The first kappa shape index (κ1) is 18.9. The Labute approximate surface area is 154 Å². The topological polar surface area (TPSA) is 123 Å². The molecule has 3 N–H and O–H groups in total. The number of hydrogen-bond acceptors (Lipinski definition) is 6. The van der Waals surface area contributed by atoms with Crippen LogP contribution in [0.5, 0.6) is 5.75 Å². The van der Waals surface area contributed by atoms with Crippen molar-refractivity contribution in [2.24, 2.45) is 10.2 Å². The SMILES string of the molecule is CN/N=C(\N=N)C(=O)N[C@H]1CC[C@H](Oc2ccc(C#N)c(Br)c2)CC1. The molecule has 0 saturated heterocycles. The van der Waals surface area contributed by atoms with E-state index in [4.69, 9.17) is 15.5 Å². The zero-order chi connectivity index (χ0) is 18.2. The maximum atomic E-state index is 11.9. The minimum absolute atomic E-state index is 0.0175. The fourth-order valence-electron chi connectivity index (χ4n) is 2.66. The molecular formula is C16H19BrN6O2. The second kappa shape index (κ2) is 9.13. The zero-order valence-electron chi connectivity index (χ0n) is 13.8. The fraction of sp³-hybridized carbons (Fsp3) is 0.438.